The van der Waals surface area contributed by atoms with Crippen LogP contribution in [-0.2, 0) is 13.0 Å². The number of carbonyl (C=O) groups is 1. The van der Waals surface area contributed by atoms with E-state index in [1.54, 1.807) is 19.2 Å². The van der Waals surface area contributed by atoms with Crippen molar-refractivity contribution in [1.82, 2.24) is 9.80 Å². The number of carboxylic acid groups (broad SMARTS) is 1. The number of aromatic carboxylic acids is 1. The molecule has 0 amide bonds. The molecular formula is C21H26N2O3. The van der Waals surface area contributed by atoms with E-state index in [1.165, 1.54) is 11.1 Å². The Morgan fingerprint density at radius 2 is 1.50 bits per heavy atom. The van der Waals surface area contributed by atoms with Crippen LogP contribution in [-0.4, -0.2) is 60.7 Å². The molecule has 1 saturated heterocycles. The molecule has 3 rings (SSSR count). The van der Waals surface area contributed by atoms with Crippen LogP contribution in [0.25, 0.3) is 0 Å². The highest BCUT2D eigenvalue weighted by Gasteiger charge is 2.16. The topological polar surface area (TPSA) is 53.0 Å². The van der Waals surface area contributed by atoms with Gasteiger partial charge in [0.25, 0.3) is 0 Å². The van der Waals surface area contributed by atoms with Gasteiger partial charge in [-0.1, -0.05) is 24.3 Å². The summed E-state index contributed by atoms with van der Waals surface area (Å²) in [4.78, 5) is 15.9. The molecule has 0 spiro atoms. The van der Waals surface area contributed by atoms with E-state index in [9.17, 15) is 4.79 Å². The van der Waals surface area contributed by atoms with Gasteiger partial charge in [-0.25, -0.2) is 4.79 Å². The zero-order valence-corrected chi connectivity index (χ0v) is 15.2. The number of benzene rings is 2. The molecule has 0 unspecified atom stereocenters. The van der Waals surface area contributed by atoms with Crippen LogP contribution in [0.3, 0.4) is 0 Å². The average Bonchev–Trinajstić information content (AvgIpc) is 2.68. The Balaban J connectivity index is 1.41. The second kappa shape index (κ2) is 8.83. The summed E-state index contributed by atoms with van der Waals surface area (Å²) in [5.41, 5.74) is 2.86. The fourth-order valence-corrected chi connectivity index (χ4v) is 3.26. The zero-order chi connectivity index (χ0) is 18.4. The monoisotopic (exact) mass is 354 g/mol. The smallest absolute Gasteiger partial charge is 0.335 e. The van der Waals surface area contributed by atoms with Gasteiger partial charge in [0.15, 0.2) is 0 Å². The van der Waals surface area contributed by atoms with Gasteiger partial charge in [-0.3, -0.25) is 4.90 Å². The second-order valence-corrected chi connectivity index (χ2v) is 6.72. The van der Waals surface area contributed by atoms with Crippen LogP contribution >= 0.6 is 0 Å². The number of hydrogen-bond donors (Lipinski definition) is 1. The molecule has 0 radical (unpaired) electrons. The van der Waals surface area contributed by atoms with Crippen molar-refractivity contribution in [3.63, 3.8) is 0 Å². The van der Waals surface area contributed by atoms with Gasteiger partial charge in [0, 0.05) is 39.3 Å². The van der Waals surface area contributed by atoms with Gasteiger partial charge in [0.2, 0.25) is 0 Å². The van der Waals surface area contributed by atoms with E-state index in [-0.39, 0.29) is 0 Å². The lowest BCUT2D eigenvalue weighted by atomic mass is 10.1. The van der Waals surface area contributed by atoms with E-state index in [0.717, 1.165) is 51.4 Å². The molecule has 5 heteroatoms. The fraction of sp³-hybridized carbons (Fsp3) is 0.381. The maximum atomic E-state index is 10.9. The molecule has 1 N–H and O–H groups in total. The molecular weight excluding hydrogens is 328 g/mol. The average molecular weight is 354 g/mol. The molecule has 1 aliphatic heterocycles. The highest BCUT2D eigenvalue weighted by atomic mass is 16.5. The molecule has 26 heavy (non-hydrogen) atoms. The Bertz CT molecular complexity index is 705. The van der Waals surface area contributed by atoms with Crippen molar-refractivity contribution < 1.29 is 14.6 Å². The molecule has 0 aliphatic carbocycles. The Morgan fingerprint density at radius 1 is 0.923 bits per heavy atom. The summed E-state index contributed by atoms with van der Waals surface area (Å²) in [5, 5.41) is 8.95. The lowest BCUT2D eigenvalue weighted by Gasteiger charge is -2.34. The molecule has 2 aromatic rings. The Morgan fingerprint density at radius 3 is 2.08 bits per heavy atom. The molecule has 0 saturated carbocycles. The quantitative estimate of drug-likeness (QED) is 0.829. The van der Waals surface area contributed by atoms with Crippen LogP contribution < -0.4 is 4.74 Å². The van der Waals surface area contributed by atoms with E-state index < -0.39 is 5.97 Å². The van der Waals surface area contributed by atoms with Crippen molar-refractivity contribution in [3.05, 3.63) is 65.2 Å². The van der Waals surface area contributed by atoms with Crippen LogP contribution in [0, 0.1) is 0 Å². The summed E-state index contributed by atoms with van der Waals surface area (Å²) in [6.45, 7) is 6.29. The molecule has 1 aliphatic rings. The van der Waals surface area contributed by atoms with E-state index >= 15 is 0 Å². The number of nitrogens with zero attached hydrogens (tertiary/aromatic N) is 2. The Hall–Kier alpha value is -2.37. The van der Waals surface area contributed by atoms with Crippen LogP contribution in [0.1, 0.15) is 21.5 Å². The van der Waals surface area contributed by atoms with Crippen molar-refractivity contribution in [2.24, 2.45) is 0 Å². The van der Waals surface area contributed by atoms with Gasteiger partial charge in [-0.15, -0.1) is 0 Å². The minimum Gasteiger partial charge on any atom is -0.497 e. The normalized spacial score (nSPS) is 15.7. The van der Waals surface area contributed by atoms with Crippen molar-refractivity contribution in [2.45, 2.75) is 13.0 Å². The van der Waals surface area contributed by atoms with Gasteiger partial charge in [-0.05, 0) is 41.8 Å². The standard InChI is InChI=1S/C21H26N2O3/c1-26-20-8-4-18(5-9-20)16-23-14-12-22(13-15-23)11-10-17-2-6-19(7-3-17)21(24)25/h2-9H,10-16H2,1H3,(H,24,25). The summed E-state index contributed by atoms with van der Waals surface area (Å²) in [7, 11) is 1.69. The van der Waals surface area contributed by atoms with E-state index in [1.807, 2.05) is 24.3 Å². The first-order valence-electron chi connectivity index (χ1n) is 9.04. The van der Waals surface area contributed by atoms with Crippen LogP contribution in [0.5, 0.6) is 5.75 Å². The molecule has 5 nitrogen and oxygen atoms in total. The van der Waals surface area contributed by atoms with Gasteiger partial charge in [0.05, 0.1) is 12.7 Å². The second-order valence-electron chi connectivity index (χ2n) is 6.72. The van der Waals surface area contributed by atoms with E-state index in [0.29, 0.717) is 5.56 Å². The minimum absolute atomic E-state index is 0.348. The van der Waals surface area contributed by atoms with Crippen molar-refractivity contribution >= 4 is 5.97 Å². The molecule has 0 atom stereocenters. The van der Waals surface area contributed by atoms with Crippen LogP contribution in [0.15, 0.2) is 48.5 Å². The molecule has 2 aromatic carbocycles. The highest BCUT2D eigenvalue weighted by molar-refractivity contribution is 5.87. The van der Waals surface area contributed by atoms with Crippen molar-refractivity contribution in [3.8, 4) is 5.75 Å². The molecule has 1 fully saturated rings. The van der Waals surface area contributed by atoms with Gasteiger partial charge < -0.3 is 14.7 Å². The fourth-order valence-electron chi connectivity index (χ4n) is 3.26. The summed E-state index contributed by atoms with van der Waals surface area (Å²) in [6.07, 6.45) is 0.957. The number of rotatable bonds is 7. The molecule has 1 heterocycles. The number of ether oxygens (including phenoxy) is 1. The number of methoxy groups -OCH3 is 1. The van der Waals surface area contributed by atoms with Crippen LogP contribution in [0.4, 0.5) is 0 Å². The number of carboxylic acids is 1. The number of piperazine rings is 1. The lowest BCUT2D eigenvalue weighted by Crippen LogP contribution is -2.46. The predicted molar refractivity (Wildman–Crippen MR) is 102 cm³/mol. The SMILES string of the molecule is COc1ccc(CN2CCN(CCc3ccc(C(=O)O)cc3)CC2)cc1. The van der Waals surface area contributed by atoms with E-state index in [2.05, 4.69) is 21.9 Å². The highest BCUT2D eigenvalue weighted by Crippen LogP contribution is 2.14. The molecule has 0 aromatic heterocycles. The Labute approximate surface area is 154 Å². The largest absolute Gasteiger partial charge is 0.497 e. The third kappa shape index (κ3) is 5.07. The third-order valence-electron chi connectivity index (χ3n) is 4.95. The Kier molecular flexibility index (Phi) is 6.26. The maximum Gasteiger partial charge on any atom is 0.335 e. The summed E-state index contributed by atoms with van der Waals surface area (Å²) < 4.78 is 5.21. The van der Waals surface area contributed by atoms with E-state index in [4.69, 9.17) is 9.84 Å². The van der Waals surface area contributed by atoms with Gasteiger partial charge in [0.1, 0.15) is 5.75 Å². The predicted octanol–water partition coefficient (Wildman–Crippen LogP) is 2.75. The first-order chi connectivity index (χ1) is 12.6. The first kappa shape index (κ1) is 18.4. The lowest BCUT2D eigenvalue weighted by molar-refractivity contribution is 0.0697. The third-order valence-corrected chi connectivity index (χ3v) is 4.95. The van der Waals surface area contributed by atoms with Crippen molar-refractivity contribution in [1.29, 1.82) is 0 Å². The summed E-state index contributed by atoms with van der Waals surface area (Å²) in [6, 6.07) is 15.5. The van der Waals surface area contributed by atoms with Crippen molar-refractivity contribution in [2.75, 3.05) is 39.8 Å². The van der Waals surface area contributed by atoms with Gasteiger partial charge >= 0.3 is 5.97 Å². The first-order valence-corrected chi connectivity index (χ1v) is 9.04. The molecule has 138 valence electrons. The summed E-state index contributed by atoms with van der Waals surface area (Å²) in [5.74, 6) is 0.0273. The summed E-state index contributed by atoms with van der Waals surface area (Å²) >= 11 is 0. The maximum absolute atomic E-state index is 10.9. The molecule has 0 bridgehead atoms. The minimum atomic E-state index is -0.871. The van der Waals surface area contributed by atoms with Gasteiger partial charge in [-0.2, -0.15) is 0 Å². The van der Waals surface area contributed by atoms with Crippen LogP contribution in [0.2, 0.25) is 0 Å². The zero-order valence-electron chi connectivity index (χ0n) is 15.2. The number of hydrogen-bond acceptors (Lipinski definition) is 4.